The number of rotatable bonds is 3. The van der Waals surface area contributed by atoms with Crippen molar-refractivity contribution in [1.29, 1.82) is 0 Å². The van der Waals surface area contributed by atoms with Gasteiger partial charge in [0.15, 0.2) is 10.1 Å². The van der Waals surface area contributed by atoms with E-state index in [0.717, 1.165) is 16.3 Å². The number of nitrogens with one attached hydrogen (secondary N) is 2. The average Bonchev–Trinajstić information content (AvgIpc) is 3.08. The van der Waals surface area contributed by atoms with Gasteiger partial charge in [-0.2, -0.15) is 5.10 Å². The van der Waals surface area contributed by atoms with Crippen molar-refractivity contribution in [3.63, 3.8) is 0 Å². The molecule has 0 aliphatic heterocycles. The van der Waals surface area contributed by atoms with Crippen LogP contribution < -0.4 is 5.32 Å². The predicted octanol–water partition coefficient (Wildman–Crippen LogP) is 3.04. The van der Waals surface area contributed by atoms with Crippen molar-refractivity contribution in [2.45, 2.75) is 13.8 Å². The Balaban J connectivity index is 1.81. The van der Waals surface area contributed by atoms with Gasteiger partial charge in [0.25, 0.3) is 0 Å². The largest absolute Gasteiger partial charge is 0.319 e. The first-order valence-electron chi connectivity index (χ1n) is 6.18. The highest BCUT2D eigenvalue weighted by atomic mass is 35.5. The Labute approximate surface area is 129 Å². The second kappa shape index (κ2) is 5.34. The van der Waals surface area contributed by atoms with Gasteiger partial charge in [-0.15, -0.1) is 11.3 Å². The minimum atomic E-state index is -0.246. The summed E-state index contributed by atoms with van der Waals surface area (Å²) in [6, 6.07) is 0. The molecule has 0 saturated carbocycles. The molecule has 0 spiro atoms. The number of hydrogen-bond donors (Lipinski definition) is 2. The highest BCUT2D eigenvalue weighted by Gasteiger charge is 2.10. The van der Waals surface area contributed by atoms with E-state index in [1.165, 1.54) is 17.4 Å². The van der Waals surface area contributed by atoms with E-state index in [0.29, 0.717) is 16.5 Å². The smallest absolute Gasteiger partial charge is 0.248 e. The molecule has 2 N–H and O–H groups in total. The zero-order valence-corrected chi connectivity index (χ0v) is 12.9. The summed E-state index contributed by atoms with van der Waals surface area (Å²) < 4.78 is 1.84. The van der Waals surface area contributed by atoms with Gasteiger partial charge in [0, 0.05) is 17.7 Å². The lowest BCUT2D eigenvalue weighted by atomic mass is 10.3. The number of aromatic nitrogens is 4. The number of aryl methyl sites for hydroxylation is 2. The molecule has 0 atom stereocenters. The van der Waals surface area contributed by atoms with E-state index in [4.69, 9.17) is 11.6 Å². The Morgan fingerprint density at radius 1 is 1.52 bits per heavy atom. The zero-order valence-electron chi connectivity index (χ0n) is 11.3. The maximum Gasteiger partial charge on any atom is 0.248 e. The number of imidazole rings is 1. The van der Waals surface area contributed by atoms with Gasteiger partial charge in [-0.3, -0.25) is 14.3 Å². The molecular formula is C13H12ClN5OS. The van der Waals surface area contributed by atoms with Gasteiger partial charge < -0.3 is 5.32 Å². The van der Waals surface area contributed by atoms with Gasteiger partial charge in [-0.25, -0.2) is 4.98 Å². The molecule has 3 aromatic heterocycles. The van der Waals surface area contributed by atoms with E-state index in [2.05, 4.69) is 20.5 Å². The first-order chi connectivity index (χ1) is 10.1. The summed E-state index contributed by atoms with van der Waals surface area (Å²) >= 11 is 7.55. The van der Waals surface area contributed by atoms with Crippen LogP contribution in [0.25, 0.3) is 11.0 Å². The molecule has 108 valence electrons. The Hall–Kier alpha value is -2.12. The highest BCUT2D eigenvalue weighted by Crippen LogP contribution is 2.22. The third-order valence-electron chi connectivity index (χ3n) is 3.02. The van der Waals surface area contributed by atoms with Crippen LogP contribution in [0.15, 0.2) is 17.7 Å². The summed E-state index contributed by atoms with van der Waals surface area (Å²) in [5.74, 6) is -0.246. The summed E-state index contributed by atoms with van der Waals surface area (Å²) in [7, 11) is 0. The fourth-order valence-corrected chi connectivity index (χ4v) is 2.99. The molecule has 0 fully saturated rings. The molecule has 3 aromatic rings. The maximum absolute atomic E-state index is 12.0. The van der Waals surface area contributed by atoms with E-state index < -0.39 is 0 Å². The van der Waals surface area contributed by atoms with Crippen LogP contribution in [-0.4, -0.2) is 25.5 Å². The van der Waals surface area contributed by atoms with Crippen LogP contribution in [-0.2, 0) is 4.79 Å². The standard InChI is InChI=1S/C13H12ClN5OS/c1-7-11(8(2)18-17-7)15-10(20)4-3-9-12(14)16-13-19(9)5-6-21-13/h3-6H,1-2H3,(H,15,20)(H,17,18)/b4-3+. The molecule has 0 aromatic carbocycles. The van der Waals surface area contributed by atoms with Gasteiger partial charge in [-0.1, -0.05) is 11.6 Å². The predicted molar refractivity (Wildman–Crippen MR) is 83.8 cm³/mol. The third-order valence-corrected chi connectivity index (χ3v) is 4.06. The average molecular weight is 322 g/mol. The molecule has 0 bridgehead atoms. The van der Waals surface area contributed by atoms with Gasteiger partial charge in [0.2, 0.25) is 5.91 Å². The number of halogens is 1. The molecule has 0 unspecified atom stereocenters. The van der Waals surface area contributed by atoms with Crippen LogP contribution in [0.2, 0.25) is 5.15 Å². The summed E-state index contributed by atoms with van der Waals surface area (Å²) in [6.45, 7) is 3.67. The van der Waals surface area contributed by atoms with Crippen LogP contribution in [0.5, 0.6) is 0 Å². The van der Waals surface area contributed by atoms with Crippen LogP contribution in [0.4, 0.5) is 5.69 Å². The second-order valence-corrected chi connectivity index (χ2v) is 5.71. The van der Waals surface area contributed by atoms with Gasteiger partial charge in [0.05, 0.1) is 22.8 Å². The van der Waals surface area contributed by atoms with E-state index in [1.54, 1.807) is 6.08 Å². The number of aromatic amines is 1. The topological polar surface area (TPSA) is 75.1 Å². The second-order valence-electron chi connectivity index (χ2n) is 4.48. The number of carbonyl (C=O) groups is 1. The molecule has 6 nitrogen and oxygen atoms in total. The van der Waals surface area contributed by atoms with Gasteiger partial charge in [0.1, 0.15) is 0 Å². The quantitative estimate of drug-likeness (QED) is 0.728. The lowest BCUT2D eigenvalue weighted by molar-refractivity contribution is -0.111. The number of hydrogen-bond acceptors (Lipinski definition) is 4. The van der Waals surface area contributed by atoms with Gasteiger partial charge >= 0.3 is 0 Å². The van der Waals surface area contributed by atoms with Crippen molar-refractivity contribution in [1.82, 2.24) is 19.6 Å². The molecule has 8 heteroatoms. The minimum Gasteiger partial charge on any atom is -0.319 e. The van der Waals surface area contributed by atoms with Crippen molar-refractivity contribution in [3.8, 4) is 0 Å². The Kier molecular flexibility index (Phi) is 3.52. The van der Waals surface area contributed by atoms with Crippen LogP contribution in [0, 0.1) is 13.8 Å². The minimum absolute atomic E-state index is 0.246. The Bertz CT molecular complexity index is 825. The maximum atomic E-state index is 12.0. The molecule has 0 saturated heterocycles. The summed E-state index contributed by atoms with van der Waals surface area (Å²) in [4.78, 5) is 17.0. The zero-order chi connectivity index (χ0) is 15.0. The van der Waals surface area contributed by atoms with Crippen molar-refractivity contribution in [3.05, 3.63) is 39.9 Å². The number of anilines is 1. The van der Waals surface area contributed by atoms with Gasteiger partial charge in [-0.05, 0) is 19.9 Å². The molecule has 21 heavy (non-hydrogen) atoms. The van der Waals surface area contributed by atoms with E-state index in [1.807, 2.05) is 29.8 Å². The fraction of sp³-hybridized carbons (Fsp3) is 0.154. The summed E-state index contributed by atoms with van der Waals surface area (Å²) in [6.07, 6.45) is 4.94. The Morgan fingerprint density at radius 2 is 2.33 bits per heavy atom. The van der Waals surface area contributed by atoms with Crippen molar-refractivity contribution >= 4 is 45.6 Å². The van der Waals surface area contributed by atoms with Crippen molar-refractivity contribution in [2.24, 2.45) is 0 Å². The normalized spacial score (nSPS) is 11.6. The van der Waals surface area contributed by atoms with Crippen molar-refractivity contribution < 1.29 is 4.79 Å². The molecular weight excluding hydrogens is 310 g/mol. The molecule has 1 amide bonds. The van der Waals surface area contributed by atoms with Crippen molar-refractivity contribution in [2.75, 3.05) is 5.32 Å². The number of amides is 1. The summed E-state index contributed by atoms with van der Waals surface area (Å²) in [5, 5.41) is 11.9. The number of H-pyrrole nitrogens is 1. The highest BCUT2D eigenvalue weighted by molar-refractivity contribution is 7.15. The number of nitrogens with zero attached hydrogens (tertiary/aromatic N) is 3. The first kappa shape index (κ1) is 13.8. The summed E-state index contributed by atoms with van der Waals surface area (Å²) in [5.41, 5.74) is 2.95. The van der Waals surface area contributed by atoms with E-state index >= 15 is 0 Å². The molecule has 0 aliphatic rings. The third kappa shape index (κ3) is 2.57. The lowest BCUT2D eigenvalue weighted by Gasteiger charge is -2.01. The molecule has 0 radical (unpaired) electrons. The monoisotopic (exact) mass is 321 g/mol. The SMILES string of the molecule is Cc1n[nH]c(C)c1NC(=O)/C=C/c1c(Cl)nc2sccn12. The number of thiazole rings is 1. The van der Waals surface area contributed by atoms with Crippen LogP contribution in [0.1, 0.15) is 17.1 Å². The lowest BCUT2D eigenvalue weighted by Crippen LogP contribution is -2.09. The fourth-order valence-electron chi connectivity index (χ4n) is 1.98. The molecule has 3 rings (SSSR count). The first-order valence-corrected chi connectivity index (χ1v) is 7.43. The molecule has 0 aliphatic carbocycles. The van der Waals surface area contributed by atoms with Crippen LogP contribution in [0.3, 0.4) is 0 Å². The number of carbonyl (C=O) groups excluding carboxylic acids is 1. The van der Waals surface area contributed by atoms with E-state index in [-0.39, 0.29) is 5.91 Å². The van der Waals surface area contributed by atoms with Crippen LogP contribution >= 0.6 is 22.9 Å². The number of fused-ring (bicyclic) bond motifs is 1. The van der Waals surface area contributed by atoms with E-state index in [9.17, 15) is 4.79 Å². The molecule has 3 heterocycles. The Morgan fingerprint density at radius 3 is 3.05 bits per heavy atom.